The molecular weight excluding hydrogens is 429 g/mol. The number of piperidine rings is 1. The van der Waals surface area contributed by atoms with Gasteiger partial charge in [-0.3, -0.25) is 9.59 Å². The number of hydrogen-bond donors (Lipinski definition) is 0. The Bertz CT molecular complexity index is 874. The van der Waals surface area contributed by atoms with Crippen molar-refractivity contribution >= 4 is 23.6 Å². The van der Waals surface area contributed by atoms with Crippen molar-refractivity contribution < 1.29 is 18.7 Å². The summed E-state index contributed by atoms with van der Waals surface area (Å²) in [5.41, 5.74) is 0.985. The number of methoxy groups -OCH3 is 1. The molecule has 1 aliphatic rings. The molecule has 8 heteroatoms. The SMILES string of the molecule is COCC(=O)N(C)C(Cc1ccc(F)cc1)C1CCN(C(=O)CSc2ccccn2)CC1. The Morgan fingerprint density at radius 2 is 1.94 bits per heavy atom. The number of likely N-dealkylation sites (N-methyl/N-ethyl adjacent to an activating group) is 1. The summed E-state index contributed by atoms with van der Waals surface area (Å²) in [6.07, 6.45) is 3.99. The molecule has 0 N–H and O–H groups in total. The second-order valence-electron chi connectivity index (χ2n) is 8.01. The molecule has 2 heterocycles. The molecule has 32 heavy (non-hydrogen) atoms. The fraction of sp³-hybridized carbons (Fsp3) is 0.458. The summed E-state index contributed by atoms with van der Waals surface area (Å²) >= 11 is 1.45. The van der Waals surface area contributed by atoms with Crippen LogP contribution in [0.5, 0.6) is 0 Å². The van der Waals surface area contributed by atoms with Crippen LogP contribution in [0.25, 0.3) is 0 Å². The molecule has 172 valence electrons. The average molecular weight is 460 g/mol. The number of carbonyl (C=O) groups excluding carboxylic acids is 2. The van der Waals surface area contributed by atoms with Gasteiger partial charge in [-0.25, -0.2) is 9.37 Å². The molecular formula is C24H30FN3O3S. The first-order valence-corrected chi connectivity index (χ1v) is 11.8. The van der Waals surface area contributed by atoms with Crippen LogP contribution in [-0.2, 0) is 20.7 Å². The van der Waals surface area contributed by atoms with Gasteiger partial charge in [-0.15, -0.1) is 0 Å². The zero-order valence-corrected chi connectivity index (χ0v) is 19.4. The molecule has 2 aromatic rings. The van der Waals surface area contributed by atoms with Crippen LogP contribution in [0.2, 0.25) is 0 Å². The Kier molecular flexibility index (Phi) is 9.05. The number of carbonyl (C=O) groups is 2. The van der Waals surface area contributed by atoms with Gasteiger partial charge in [-0.05, 0) is 55.0 Å². The number of pyridine rings is 1. The summed E-state index contributed by atoms with van der Waals surface area (Å²) < 4.78 is 18.4. The largest absolute Gasteiger partial charge is 0.375 e. The van der Waals surface area contributed by atoms with Crippen LogP contribution >= 0.6 is 11.8 Å². The molecule has 1 saturated heterocycles. The van der Waals surface area contributed by atoms with Crippen molar-refractivity contribution in [2.24, 2.45) is 5.92 Å². The predicted octanol–water partition coefficient (Wildman–Crippen LogP) is 3.27. The highest BCUT2D eigenvalue weighted by Gasteiger charge is 2.32. The molecule has 0 bridgehead atoms. The Hall–Kier alpha value is -2.45. The van der Waals surface area contributed by atoms with Gasteiger partial charge in [0.15, 0.2) is 0 Å². The number of halogens is 1. The van der Waals surface area contributed by atoms with Gasteiger partial charge in [0.25, 0.3) is 0 Å². The zero-order chi connectivity index (χ0) is 22.9. The Balaban J connectivity index is 1.60. The van der Waals surface area contributed by atoms with Crippen molar-refractivity contribution in [2.45, 2.75) is 30.3 Å². The molecule has 1 aromatic carbocycles. The Labute approximate surface area is 193 Å². The smallest absolute Gasteiger partial charge is 0.248 e. The minimum Gasteiger partial charge on any atom is -0.375 e. The first-order chi connectivity index (χ1) is 15.5. The summed E-state index contributed by atoms with van der Waals surface area (Å²) in [4.78, 5) is 33.1. The Morgan fingerprint density at radius 1 is 1.22 bits per heavy atom. The van der Waals surface area contributed by atoms with E-state index >= 15 is 0 Å². The van der Waals surface area contributed by atoms with E-state index in [2.05, 4.69) is 4.98 Å². The second kappa shape index (κ2) is 12.0. The molecule has 1 atom stereocenters. The summed E-state index contributed by atoms with van der Waals surface area (Å²) in [6.45, 7) is 1.36. The summed E-state index contributed by atoms with van der Waals surface area (Å²) in [5, 5.41) is 0.841. The van der Waals surface area contributed by atoms with Crippen molar-refractivity contribution in [3.8, 4) is 0 Å². The van der Waals surface area contributed by atoms with Gasteiger partial charge in [0.1, 0.15) is 12.4 Å². The normalized spacial score (nSPS) is 15.4. The predicted molar refractivity (Wildman–Crippen MR) is 123 cm³/mol. The monoisotopic (exact) mass is 459 g/mol. The number of thioether (sulfide) groups is 1. The molecule has 1 aliphatic heterocycles. The van der Waals surface area contributed by atoms with E-state index in [0.29, 0.717) is 25.3 Å². The number of likely N-dealkylation sites (tertiary alicyclic amines) is 1. The second-order valence-corrected chi connectivity index (χ2v) is 9.01. The fourth-order valence-corrected chi connectivity index (χ4v) is 4.85. The molecule has 0 saturated carbocycles. The molecule has 1 unspecified atom stereocenters. The van der Waals surface area contributed by atoms with Gasteiger partial charge in [-0.2, -0.15) is 0 Å². The van der Waals surface area contributed by atoms with Crippen LogP contribution < -0.4 is 0 Å². The first-order valence-electron chi connectivity index (χ1n) is 10.8. The average Bonchev–Trinajstić information content (AvgIpc) is 2.82. The number of hydrogen-bond acceptors (Lipinski definition) is 5. The maximum atomic E-state index is 13.3. The number of ether oxygens (including phenoxy) is 1. The van der Waals surface area contributed by atoms with E-state index < -0.39 is 0 Å². The highest BCUT2D eigenvalue weighted by Crippen LogP contribution is 2.27. The van der Waals surface area contributed by atoms with E-state index in [4.69, 9.17) is 4.74 Å². The van der Waals surface area contributed by atoms with Gasteiger partial charge < -0.3 is 14.5 Å². The van der Waals surface area contributed by atoms with Gasteiger partial charge in [0, 0.05) is 39.5 Å². The van der Waals surface area contributed by atoms with Gasteiger partial charge in [0.2, 0.25) is 11.8 Å². The number of benzene rings is 1. The number of aromatic nitrogens is 1. The van der Waals surface area contributed by atoms with E-state index in [0.717, 1.165) is 23.4 Å². The maximum absolute atomic E-state index is 13.3. The number of amides is 2. The van der Waals surface area contributed by atoms with Crippen LogP contribution in [0.15, 0.2) is 53.7 Å². The molecule has 3 rings (SSSR count). The molecule has 1 fully saturated rings. The third kappa shape index (κ3) is 6.77. The minimum atomic E-state index is -0.274. The van der Waals surface area contributed by atoms with E-state index in [1.54, 1.807) is 30.3 Å². The molecule has 6 nitrogen and oxygen atoms in total. The molecule has 2 amide bonds. The van der Waals surface area contributed by atoms with Crippen LogP contribution in [-0.4, -0.2) is 72.2 Å². The summed E-state index contributed by atoms with van der Waals surface area (Å²) in [5.74, 6) is 0.373. The minimum absolute atomic E-state index is 0.0263. The van der Waals surface area contributed by atoms with Gasteiger partial charge in [-0.1, -0.05) is 30.0 Å². The van der Waals surface area contributed by atoms with Gasteiger partial charge >= 0.3 is 0 Å². The molecule has 0 spiro atoms. The van der Waals surface area contributed by atoms with Crippen LogP contribution in [0.4, 0.5) is 4.39 Å². The lowest BCUT2D eigenvalue weighted by Crippen LogP contribution is -2.49. The van der Waals surface area contributed by atoms with Crippen LogP contribution in [0.1, 0.15) is 18.4 Å². The van der Waals surface area contributed by atoms with Crippen molar-refractivity contribution in [1.29, 1.82) is 0 Å². The lowest BCUT2D eigenvalue weighted by Gasteiger charge is -2.40. The lowest BCUT2D eigenvalue weighted by atomic mass is 9.85. The van der Waals surface area contributed by atoms with Crippen LogP contribution in [0, 0.1) is 11.7 Å². The Morgan fingerprint density at radius 3 is 2.56 bits per heavy atom. The maximum Gasteiger partial charge on any atom is 0.248 e. The summed E-state index contributed by atoms with van der Waals surface area (Å²) in [6, 6.07) is 12.1. The quantitative estimate of drug-likeness (QED) is 0.539. The van der Waals surface area contributed by atoms with Crippen molar-refractivity contribution in [3.63, 3.8) is 0 Å². The highest BCUT2D eigenvalue weighted by molar-refractivity contribution is 7.99. The third-order valence-electron chi connectivity index (χ3n) is 5.93. The topological polar surface area (TPSA) is 62.7 Å². The van der Waals surface area contributed by atoms with Crippen molar-refractivity contribution in [2.75, 3.05) is 39.6 Å². The summed E-state index contributed by atoms with van der Waals surface area (Å²) in [7, 11) is 3.31. The fourth-order valence-electron chi connectivity index (χ4n) is 4.09. The molecule has 0 aliphatic carbocycles. The lowest BCUT2D eigenvalue weighted by molar-refractivity contribution is -0.138. The standard InChI is InChI=1S/C24H30FN3O3S/c1-27(23(29)16-31-2)21(15-18-6-8-20(25)9-7-18)19-10-13-28(14-11-19)24(30)17-32-22-5-3-4-12-26-22/h3-9,12,19,21H,10-11,13-17H2,1-2H3. The van der Waals surface area contributed by atoms with Crippen molar-refractivity contribution in [3.05, 3.63) is 60.0 Å². The van der Waals surface area contributed by atoms with Crippen LogP contribution in [0.3, 0.4) is 0 Å². The molecule has 1 aromatic heterocycles. The third-order valence-corrected chi connectivity index (χ3v) is 6.86. The van der Waals surface area contributed by atoms with E-state index in [1.165, 1.54) is 31.0 Å². The van der Waals surface area contributed by atoms with Gasteiger partial charge in [0.05, 0.1) is 10.8 Å². The van der Waals surface area contributed by atoms with Crippen molar-refractivity contribution in [1.82, 2.24) is 14.8 Å². The number of rotatable bonds is 9. The van der Waals surface area contributed by atoms with E-state index in [9.17, 15) is 14.0 Å². The zero-order valence-electron chi connectivity index (χ0n) is 18.6. The number of nitrogens with zero attached hydrogens (tertiary/aromatic N) is 3. The van der Waals surface area contributed by atoms with E-state index in [1.807, 2.05) is 23.1 Å². The first kappa shape index (κ1) is 24.2. The highest BCUT2D eigenvalue weighted by atomic mass is 32.2. The van der Waals surface area contributed by atoms with E-state index in [-0.39, 0.29) is 36.2 Å². The molecule has 0 radical (unpaired) electrons.